The first-order chi connectivity index (χ1) is 5.20. The fourth-order valence-electron chi connectivity index (χ4n) is 0.366. The van der Waals surface area contributed by atoms with Crippen molar-refractivity contribution in [1.29, 1.82) is 0 Å². The van der Waals surface area contributed by atoms with E-state index in [1.165, 1.54) is 0 Å². The van der Waals surface area contributed by atoms with Crippen molar-refractivity contribution in [3.05, 3.63) is 11.8 Å². The number of hydrogen-bond acceptors (Lipinski definition) is 3. The number of rotatable bonds is 3. The van der Waals surface area contributed by atoms with E-state index in [1.807, 2.05) is 13.8 Å². The van der Waals surface area contributed by atoms with Gasteiger partial charge in [0.1, 0.15) is 0 Å². The Bertz CT molecular complexity index is 155. The van der Waals surface area contributed by atoms with E-state index in [9.17, 15) is 4.79 Å². The van der Waals surface area contributed by atoms with E-state index in [0.717, 1.165) is 5.70 Å². The van der Waals surface area contributed by atoms with E-state index in [-0.39, 0.29) is 0 Å². The van der Waals surface area contributed by atoms with E-state index in [0.29, 0.717) is 6.54 Å². The number of amides is 1. The van der Waals surface area contributed by atoms with E-state index >= 15 is 0 Å². The summed E-state index contributed by atoms with van der Waals surface area (Å²) in [5.41, 5.74) is 3.27. The predicted octanol–water partition coefficient (Wildman–Crippen LogP) is 1.16. The molecule has 0 atom stereocenters. The zero-order chi connectivity index (χ0) is 8.69. The standard InChI is InChI=1S/C7H14N2O2/c1-4-6(3)9-11-7(10)8-5-2/h4,9H,5H2,1-3H3,(H,8,10)/b6-4-. The van der Waals surface area contributed by atoms with Crippen molar-refractivity contribution in [1.82, 2.24) is 10.8 Å². The van der Waals surface area contributed by atoms with Gasteiger partial charge in [-0.25, -0.2) is 10.3 Å². The first-order valence-corrected chi connectivity index (χ1v) is 3.54. The number of allylic oxidation sites excluding steroid dienone is 2. The summed E-state index contributed by atoms with van der Waals surface area (Å²) in [4.78, 5) is 15.2. The first kappa shape index (κ1) is 9.81. The Morgan fingerprint density at radius 2 is 2.27 bits per heavy atom. The number of carbonyl (C=O) groups is 1. The molecule has 4 nitrogen and oxygen atoms in total. The van der Waals surface area contributed by atoms with Crippen molar-refractivity contribution >= 4 is 6.09 Å². The van der Waals surface area contributed by atoms with E-state index in [4.69, 9.17) is 0 Å². The molecule has 0 unspecified atom stereocenters. The molecule has 0 radical (unpaired) electrons. The molecule has 0 aliphatic heterocycles. The third-order valence-electron chi connectivity index (χ3n) is 1.06. The minimum Gasteiger partial charge on any atom is -0.325 e. The molecule has 11 heavy (non-hydrogen) atoms. The smallest absolute Gasteiger partial charge is 0.325 e. The summed E-state index contributed by atoms with van der Waals surface area (Å²) in [6.45, 7) is 6.04. The minimum absolute atomic E-state index is 0.464. The van der Waals surface area contributed by atoms with Crippen LogP contribution >= 0.6 is 0 Å². The summed E-state index contributed by atoms with van der Waals surface area (Å²) in [5, 5.41) is 2.47. The lowest BCUT2D eigenvalue weighted by Crippen LogP contribution is -2.29. The summed E-state index contributed by atoms with van der Waals surface area (Å²) in [5.74, 6) is 0. The Hall–Kier alpha value is -1.19. The van der Waals surface area contributed by atoms with Crippen molar-refractivity contribution in [2.75, 3.05) is 6.54 Å². The molecule has 4 heteroatoms. The quantitative estimate of drug-likeness (QED) is 0.606. The average molecular weight is 158 g/mol. The average Bonchev–Trinajstić information content (AvgIpc) is 2.01. The van der Waals surface area contributed by atoms with Gasteiger partial charge in [0.15, 0.2) is 0 Å². The largest absolute Gasteiger partial charge is 0.431 e. The molecule has 0 saturated heterocycles. The molecule has 64 valence electrons. The Balaban J connectivity index is 3.46. The molecule has 0 saturated carbocycles. The van der Waals surface area contributed by atoms with Crippen molar-refractivity contribution in [3.63, 3.8) is 0 Å². The van der Waals surface area contributed by atoms with Gasteiger partial charge in [0.2, 0.25) is 0 Å². The molecule has 0 aliphatic carbocycles. The van der Waals surface area contributed by atoms with E-state index in [1.54, 1.807) is 13.0 Å². The molecular weight excluding hydrogens is 144 g/mol. The van der Waals surface area contributed by atoms with Crippen molar-refractivity contribution < 1.29 is 9.63 Å². The topological polar surface area (TPSA) is 50.4 Å². The van der Waals surface area contributed by atoms with E-state index < -0.39 is 6.09 Å². The molecule has 0 heterocycles. The summed E-state index contributed by atoms with van der Waals surface area (Å²) < 4.78 is 0. The number of hydroxylamine groups is 1. The second-order valence-electron chi connectivity index (χ2n) is 1.99. The second-order valence-corrected chi connectivity index (χ2v) is 1.99. The summed E-state index contributed by atoms with van der Waals surface area (Å²) in [7, 11) is 0. The van der Waals surface area contributed by atoms with Gasteiger partial charge >= 0.3 is 6.09 Å². The number of nitrogens with one attached hydrogen (secondary N) is 2. The number of hydrogen-bond donors (Lipinski definition) is 2. The van der Waals surface area contributed by atoms with Crippen LogP contribution in [0.3, 0.4) is 0 Å². The van der Waals surface area contributed by atoms with Gasteiger partial charge in [0.25, 0.3) is 0 Å². The van der Waals surface area contributed by atoms with Crippen LogP contribution in [0.1, 0.15) is 20.8 Å². The molecule has 2 N–H and O–H groups in total. The zero-order valence-corrected chi connectivity index (χ0v) is 7.10. The highest BCUT2D eigenvalue weighted by Crippen LogP contribution is 1.84. The van der Waals surface area contributed by atoms with Gasteiger partial charge in [0.05, 0.1) is 0 Å². The van der Waals surface area contributed by atoms with Gasteiger partial charge in [0, 0.05) is 12.2 Å². The maximum absolute atomic E-state index is 10.6. The van der Waals surface area contributed by atoms with Gasteiger partial charge in [-0.3, -0.25) is 0 Å². The molecule has 1 amide bonds. The molecule has 0 aromatic rings. The van der Waals surface area contributed by atoms with Gasteiger partial charge in [-0.05, 0) is 20.8 Å². The van der Waals surface area contributed by atoms with Gasteiger partial charge in [-0.15, -0.1) is 0 Å². The lowest BCUT2D eigenvalue weighted by Gasteiger charge is -2.05. The molecule has 0 bridgehead atoms. The second kappa shape index (κ2) is 5.58. The van der Waals surface area contributed by atoms with Crippen LogP contribution in [0, 0.1) is 0 Å². The normalized spacial score (nSPS) is 10.6. The summed E-state index contributed by atoms with van der Waals surface area (Å²) in [6, 6.07) is 0. The summed E-state index contributed by atoms with van der Waals surface area (Å²) >= 11 is 0. The molecule has 0 aliphatic rings. The molecule has 0 spiro atoms. The van der Waals surface area contributed by atoms with Crippen LogP contribution in [0.4, 0.5) is 4.79 Å². The number of carbonyl (C=O) groups excluding carboxylic acids is 1. The van der Waals surface area contributed by atoms with Crippen molar-refractivity contribution in [2.45, 2.75) is 20.8 Å². The van der Waals surface area contributed by atoms with Gasteiger partial charge in [-0.2, -0.15) is 0 Å². The van der Waals surface area contributed by atoms with Crippen molar-refractivity contribution in [3.8, 4) is 0 Å². The monoisotopic (exact) mass is 158 g/mol. The predicted molar refractivity (Wildman–Crippen MR) is 42.7 cm³/mol. The van der Waals surface area contributed by atoms with Crippen LogP contribution < -0.4 is 10.8 Å². The molecule has 0 rings (SSSR count). The van der Waals surface area contributed by atoms with Crippen LogP contribution in [0.5, 0.6) is 0 Å². The highest BCUT2D eigenvalue weighted by Gasteiger charge is 1.97. The lowest BCUT2D eigenvalue weighted by molar-refractivity contribution is 0.106. The maximum Gasteiger partial charge on any atom is 0.431 e. The molecular formula is C7H14N2O2. The molecule has 0 aromatic carbocycles. The molecule has 0 fully saturated rings. The van der Waals surface area contributed by atoms with Gasteiger partial charge < -0.3 is 10.2 Å². The third kappa shape index (κ3) is 5.26. The Morgan fingerprint density at radius 1 is 1.64 bits per heavy atom. The maximum atomic E-state index is 10.6. The fourth-order valence-corrected chi connectivity index (χ4v) is 0.366. The fraction of sp³-hybridized carbons (Fsp3) is 0.571. The van der Waals surface area contributed by atoms with Crippen LogP contribution in [0.15, 0.2) is 11.8 Å². The Morgan fingerprint density at radius 3 is 2.73 bits per heavy atom. The lowest BCUT2D eigenvalue weighted by atomic mass is 10.5. The highest BCUT2D eigenvalue weighted by molar-refractivity contribution is 5.66. The molecule has 0 aromatic heterocycles. The van der Waals surface area contributed by atoms with E-state index in [2.05, 4.69) is 15.6 Å². The van der Waals surface area contributed by atoms with Gasteiger partial charge in [-0.1, -0.05) is 6.08 Å². The van der Waals surface area contributed by atoms with Crippen LogP contribution in [-0.4, -0.2) is 12.6 Å². The SMILES string of the molecule is C/C=C(/C)NOC(=O)NCC. The first-order valence-electron chi connectivity index (χ1n) is 3.54. The highest BCUT2D eigenvalue weighted by atomic mass is 16.7. The van der Waals surface area contributed by atoms with Crippen molar-refractivity contribution in [2.24, 2.45) is 0 Å². The Kier molecular flexibility index (Phi) is 4.98. The van der Waals surface area contributed by atoms with Crippen LogP contribution in [0.2, 0.25) is 0 Å². The Labute approximate surface area is 66.6 Å². The van der Waals surface area contributed by atoms with Crippen LogP contribution in [-0.2, 0) is 4.84 Å². The summed E-state index contributed by atoms with van der Waals surface area (Å²) in [6.07, 6.45) is 1.34. The third-order valence-corrected chi connectivity index (χ3v) is 1.06. The van der Waals surface area contributed by atoms with Crippen LogP contribution in [0.25, 0.3) is 0 Å². The minimum atomic E-state index is -0.464. The zero-order valence-electron chi connectivity index (χ0n) is 7.10.